The lowest BCUT2D eigenvalue weighted by Crippen LogP contribution is -2.46. The number of piperazine rings is 1. The van der Waals surface area contributed by atoms with Gasteiger partial charge < -0.3 is 14.6 Å². The van der Waals surface area contributed by atoms with Crippen LogP contribution in [0.5, 0.6) is 0 Å². The Kier molecular flexibility index (Phi) is 5.43. The highest BCUT2D eigenvalue weighted by atomic mass is 16.4. The molecule has 0 unspecified atom stereocenters. The van der Waals surface area contributed by atoms with Crippen molar-refractivity contribution in [2.45, 2.75) is 13.5 Å². The average Bonchev–Trinajstić information content (AvgIpc) is 3.40. The first kappa shape index (κ1) is 18.9. The topological polar surface area (TPSA) is 115 Å². The number of nitrogens with zero attached hydrogens (tertiary/aromatic N) is 5. The maximum absolute atomic E-state index is 11.7. The second-order valence-corrected chi connectivity index (χ2v) is 6.88. The summed E-state index contributed by atoms with van der Waals surface area (Å²) in [6.45, 7) is 6.40. The minimum Gasteiger partial charge on any atom is -0.432 e. The highest BCUT2D eigenvalue weighted by molar-refractivity contribution is 5.92. The third-order valence-electron chi connectivity index (χ3n) is 4.92. The van der Waals surface area contributed by atoms with Crippen LogP contribution in [0.1, 0.15) is 21.9 Å². The van der Waals surface area contributed by atoms with Crippen LogP contribution in [0, 0.1) is 6.92 Å². The molecule has 1 aliphatic rings. The molecule has 0 bridgehead atoms. The van der Waals surface area contributed by atoms with Crippen LogP contribution < -0.4 is 15.5 Å². The third-order valence-corrected chi connectivity index (χ3v) is 4.92. The lowest BCUT2D eigenvalue weighted by molar-refractivity contribution is 0.0958. The van der Waals surface area contributed by atoms with Gasteiger partial charge in [-0.25, -0.2) is 9.97 Å². The molecule has 1 fully saturated rings. The van der Waals surface area contributed by atoms with E-state index in [1.165, 1.54) is 6.26 Å². The first-order valence-electron chi connectivity index (χ1n) is 9.50. The summed E-state index contributed by atoms with van der Waals surface area (Å²) in [6, 6.07) is 6.14. The van der Waals surface area contributed by atoms with Crippen LogP contribution in [0.15, 0.2) is 35.1 Å². The fourth-order valence-corrected chi connectivity index (χ4v) is 3.43. The highest BCUT2D eigenvalue weighted by Crippen LogP contribution is 2.21. The van der Waals surface area contributed by atoms with E-state index in [1.54, 1.807) is 19.3 Å². The number of aromatic amines is 1. The molecule has 3 aromatic rings. The number of carbonyl (C=O) groups is 1. The van der Waals surface area contributed by atoms with E-state index in [9.17, 15) is 4.79 Å². The minimum atomic E-state index is -0.166. The van der Waals surface area contributed by atoms with Crippen LogP contribution in [0.3, 0.4) is 0 Å². The molecule has 0 spiro atoms. The number of nitrogens with one attached hydrogen (secondary N) is 3. The standard InChI is InChI=1S/C19H24N8O2/c1-13-16(4-3-15(22-13)18(28)20-2)27-8-6-26(7-9-27)12-14-11-17(25-24-14)23-19-21-5-10-29-19/h3-5,10-11H,6-9,12H2,1-2H3,(H,20,28)(H2,21,23,24,25). The first-order valence-corrected chi connectivity index (χ1v) is 9.50. The van der Waals surface area contributed by atoms with E-state index in [0.29, 0.717) is 17.5 Å². The van der Waals surface area contributed by atoms with E-state index >= 15 is 0 Å². The van der Waals surface area contributed by atoms with E-state index < -0.39 is 0 Å². The summed E-state index contributed by atoms with van der Waals surface area (Å²) in [5.41, 5.74) is 3.42. The fraction of sp³-hybridized carbons (Fsp3) is 0.368. The smallest absolute Gasteiger partial charge is 0.300 e. The Morgan fingerprint density at radius 1 is 1.28 bits per heavy atom. The normalized spacial score (nSPS) is 14.8. The molecule has 0 aliphatic carbocycles. The van der Waals surface area contributed by atoms with Crippen LogP contribution in [0.25, 0.3) is 0 Å². The Morgan fingerprint density at radius 2 is 2.10 bits per heavy atom. The summed E-state index contributed by atoms with van der Waals surface area (Å²) in [5.74, 6) is 0.514. The Morgan fingerprint density at radius 3 is 2.79 bits per heavy atom. The number of oxazole rings is 1. The molecule has 0 aromatic carbocycles. The van der Waals surface area contributed by atoms with Crippen molar-refractivity contribution in [1.29, 1.82) is 0 Å². The minimum absolute atomic E-state index is 0.166. The second-order valence-electron chi connectivity index (χ2n) is 6.88. The highest BCUT2D eigenvalue weighted by Gasteiger charge is 2.20. The summed E-state index contributed by atoms with van der Waals surface area (Å²) in [7, 11) is 1.61. The Hall–Kier alpha value is -3.40. The van der Waals surface area contributed by atoms with Gasteiger partial charge in [-0.2, -0.15) is 5.10 Å². The molecule has 0 radical (unpaired) electrons. The molecule has 4 heterocycles. The zero-order valence-corrected chi connectivity index (χ0v) is 16.5. The molecule has 1 amide bonds. The molecule has 1 aliphatic heterocycles. The molecule has 0 atom stereocenters. The Labute approximate surface area is 168 Å². The molecule has 3 aromatic heterocycles. The second kappa shape index (κ2) is 8.31. The van der Waals surface area contributed by atoms with Gasteiger partial charge in [-0.15, -0.1) is 0 Å². The summed E-state index contributed by atoms with van der Waals surface area (Å²) in [4.78, 5) is 24.9. The van der Waals surface area contributed by atoms with Gasteiger partial charge >= 0.3 is 0 Å². The van der Waals surface area contributed by atoms with Crippen molar-refractivity contribution < 1.29 is 9.21 Å². The van der Waals surface area contributed by atoms with Crippen LogP contribution in [-0.4, -0.2) is 64.2 Å². The van der Waals surface area contributed by atoms with Crippen molar-refractivity contribution in [3.05, 3.63) is 47.7 Å². The van der Waals surface area contributed by atoms with Crippen molar-refractivity contribution in [1.82, 2.24) is 30.4 Å². The molecule has 10 nitrogen and oxygen atoms in total. The number of rotatable bonds is 6. The largest absolute Gasteiger partial charge is 0.432 e. The Balaban J connectivity index is 1.32. The zero-order chi connectivity index (χ0) is 20.2. The van der Waals surface area contributed by atoms with Gasteiger partial charge in [0.1, 0.15) is 12.0 Å². The van der Waals surface area contributed by atoms with Crippen LogP contribution in [0.2, 0.25) is 0 Å². The average molecular weight is 396 g/mol. The maximum Gasteiger partial charge on any atom is 0.300 e. The van der Waals surface area contributed by atoms with Gasteiger partial charge in [0, 0.05) is 45.8 Å². The van der Waals surface area contributed by atoms with E-state index in [0.717, 1.165) is 49.8 Å². The SMILES string of the molecule is CNC(=O)c1ccc(N2CCN(Cc3cc(Nc4ncco4)n[nH]3)CC2)c(C)n1. The Bertz CT molecular complexity index is 961. The van der Waals surface area contributed by atoms with Crippen molar-refractivity contribution in [3.63, 3.8) is 0 Å². The zero-order valence-electron chi connectivity index (χ0n) is 16.5. The van der Waals surface area contributed by atoms with Crippen molar-refractivity contribution in [2.75, 3.05) is 43.4 Å². The van der Waals surface area contributed by atoms with E-state index in [2.05, 4.69) is 40.6 Å². The fourth-order valence-electron chi connectivity index (χ4n) is 3.43. The summed E-state index contributed by atoms with van der Waals surface area (Å²) in [6.07, 6.45) is 3.09. The molecule has 10 heteroatoms. The van der Waals surface area contributed by atoms with Gasteiger partial charge in [0.25, 0.3) is 11.9 Å². The van der Waals surface area contributed by atoms with Crippen LogP contribution in [-0.2, 0) is 6.54 Å². The van der Waals surface area contributed by atoms with Gasteiger partial charge in [0.05, 0.1) is 23.3 Å². The van der Waals surface area contributed by atoms with Crippen molar-refractivity contribution in [3.8, 4) is 0 Å². The molecule has 29 heavy (non-hydrogen) atoms. The van der Waals surface area contributed by atoms with Crippen molar-refractivity contribution >= 4 is 23.4 Å². The van der Waals surface area contributed by atoms with Crippen LogP contribution >= 0.6 is 0 Å². The number of hydrogen-bond acceptors (Lipinski definition) is 8. The van der Waals surface area contributed by atoms with Gasteiger partial charge in [-0.3, -0.25) is 20.1 Å². The third kappa shape index (κ3) is 4.37. The van der Waals surface area contributed by atoms with Gasteiger partial charge in [-0.05, 0) is 19.1 Å². The lowest BCUT2D eigenvalue weighted by atomic mass is 10.2. The lowest BCUT2D eigenvalue weighted by Gasteiger charge is -2.36. The number of hydrogen-bond donors (Lipinski definition) is 3. The number of carbonyl (C=O) groups excluding carboxylic acids is 1. The summed E-state index contributed by atoms with van der Waals surface area (Å²) in [5, 5.41) is 12.9. The van der Waals surface area contributed by atoms with Crippen molar-refractivity contribution in [2.24, 2.45) is 0 Å². The number of amides is 1. The molecule has 4 rings (SSSR count). The number of pyridine rings is 1. The molecular formula is C19H24N8O2. The summed E-state index contributed by atoms with van der Waals surface area (Å²) >= 11 is 0. The number of aryl methyl sites for hydroxylation is 1. The number of H-pyrrole nitrogens is 1. The first-order chi connectivity index (χ1) is 14.1. The monoisotopic (exact) mass is 396 g/mol. The molecular weight excluding hydrogens is 372 g/mol. The predicted molar refractivity (Wildman–Crippen MR) is 108 cm³/mol. The number of anilines is 3. The molecule has 152 valence electrons. The van der Waals surface area contributed by atoms with E-state index in [-0.39, 0.29) is 5.91 Å². The van der Waals surface area contributed by atoms with Crippen LogP contribution in [0.4, 0.5) is 17.5 Å². The van der Waals surface area contributed by atoms with Gasteiger partial charge in [0.2, 0.25) is 0 Å². The molecule has 3 N–H and O–H groups in total. The predicted octanol–water partition coefficient (Wildman–Crippen LogP) is 1.53. The van der Waals surface area contributed by atoms with E-state index in [4.69, 9.17) is 4.42 Å². The molecule has 1 saturated heterocycles. The maximum atomic E-state index is 11.7. The molecule has 0 saturated carbocycles. The van der Waals surface area contributed by atoms with Gasteiger partial charge in [0.15, 0.2) is 5.82 Å². The van der Waals surface area contributed by atoms with E-state index in [1.807, 2.05) is 19.1 Å². The number of aromatic nitrogens is 4. The quantitative estimate of drug-likeness (QED) is 0.575. The summed E-state index contributed by atoms with van der Waals surface area (Å²) < 4.78 is 5.17. The van der Waals surface area contributed by atoms with Gasteiger partial charge in [-0.1, -0.05) is 0 Å².